The van der Waals surface area contributed by atoms with E-state index in [1.165, 1.54) is 11.3 Å². The standard InChI is InChI=1S/C18H14BrN3O3S2/c1-2-25-16(24)11-6-7-13-14(9-11)27-18(20-13)22-17(26)21-15(23)10-4-3-5-12(19)8-10/h3-9H,2H2,1H3,(H2,20,21,22,23,26). The molecule has 2 N–H and O–H groups in total. The summed E-state index contributed by atoms with van der Waals surface area (Å²) in [5.74, 6) is -0.696. The van der Waals surface area contributed by atoms with Crippen molar-refractivity contribution in [3.63, 3.8) is 0 Å². The number of nitrogens with one attached hydrogen (secondary N) is 2. The number of anilines is 1. The van der Waals surface area contributed by atoms with Crippen LogP contribution in [0.4, 0.5) is 5.13 Å². The minimum Gasteiger partial charge on any atom is -0.462 e. The number of aromatic nitrogens is 1. The van der Waals surface area contributed by atoms with Crippen molar-refractivity contribution in [1.82, 2.24) is 10.3 Å². The predicted molar refractivity (Wildman–Crippen MR) is 113 cm³/mol. The molecular formula is C18H14BrN3O3S2. The minimum absolute atomic E-state index is 0.143. The lowest BCUT2D eigenvalue weighted by Crippen LogP contribution is -2.34. The predicted octanol–water partition coefficient (Wildman–Crippen LogP) is 4.36. The van der Waals surface area contributed by atoms with Gasteiger partial charge in [-0.1, -0.05) is 33.3 Å². The molecule has 1 heterocycles. The Hall–Kier alpha value is -2.36. The molecule has 2 aromatic carbocycles. The van der Waals surface area contributed by atoms with Crippen LogP contribution < -0.4 is 10.6 Å². The molecule has 0 unspecified atom stereocenters. The zero-order valence-corrected chi connectivity index (χ0v) is 17.3. The Kier molecular flexibility index (Phi) is 6.15. The molecule has 0 bridgehead atoms. The van der Waals surface area contributed by atoms with Gasteiger partial charge in [0.2, 0.25) is 0 Å². The molecule has 138 valence electrons. The van der Waals surface area contributed by atoms with Crippen molar-refractivity contribution in [3.8, 4) is 0 Å². The maximum absolute atomic E-state index is 12.2. The van der Waals surface area contributed by atoms with E-state index in [0.29, 0.717) is 22.9 Å². The third-order valence-corrected chi connectivity index (χ3v) is 5.06. The monoisotopic (exact) mass is 463 g/mol. The quantitative estimate of drug-likeness (QED) is 0.441. The lowest BCUT2D eigenvalue weighted by molar-refractivity contribution is 0.0526. The third-order valence-electron chi connectivity index (χ3n) is 3.43. The molecule has 3 rings (SSSR count). The lowest BCUT2D eigenvalue weighted by Gasteiger charge is -2.07. The van der Waals surface area contributed by atoms with Crippen LogP contribution in [-0.2, 0) is 4.74 Å². The fourth-order valence-electron chi connectivity index (χ4n) is 2.25. The van der Waals surface area contributed by atoms with E-state index in [0.717, 1.165) is 14.7 Å². The summed E-state index contributed by atoms with van der Waals surface area (Å²) in [6.45, 7) is 2.08. The maximum Gasteiger partial charge on any atom is 0.338 e. The molecule has 0 atom stereocenters. The van der Waals surface area contributed by atoms with Crippen LogP contribution in [0.1, 0.15) is 27.6 Å². The summed E-state index contributed by atoms with van der Waals surface area (Å²) in [6, 6.07) is 12.1. The van der Waals surface area contributed by atoms with Crippen molar-refractivity contribution in [1.29, 1.82) is 0 Å². The molecule has 6 nitrogen and oxygen atoms in total. The van der Waals surface area contributed by atoms with E-state index < -0.39 is 0 Å². The second-order valence-electron chi connectivity index (χ2n) is 5.34. The zero-order chi connectivity index (χ0) is 19.4. The zero-order valence-electron chi connectivity index (χ0n) is 14.1. The summed E-state index contributed by atoms with van der Waals surface area (Å²) in [7, 11) is 0. The molecule has 0 aliphatic rings. The molecule has 0 spiro atoms. The largest absolute Gasteiger partial charge is 0.462 e. The van der Waals surface area contributed by atoms with Gasteiger partial charge in [0.15, 0.2) is 10.2 Å². The van der Waals surface area contributed by atoms with Crippen molar-refractivity contribution >= 4 is 71.8 Å². The van der Waals surface area contributed by atoms with E-state index in [1.807, 2.05) is 6.07 Å². The molecule has 0 aliphatic carbocycles. The van der Waals surface area contributed by atoms with Crippen molar-refractivity contribution in [2.75, 3.05) is 11.9 Å². The van der Waals surface area contributed by atoms with Gasteiger partial charge in [0.05, 0.1) is 22.4 Å². The Morgan fingerprint density at radius 3 is 2.78 bits per heavy atom. The summed E-state index contributed by atoms with van der Waals surface area (Å²) < 4.78 is 6.61. The number of fused-ring (bicyclic) bond motifs is 1. The molecule has 0 radical (unpaired) electrons. The van der Waals surface area contributed by atoms with Crippen LogP contribution in [0, 0.1) is 0 Å². The highest BCUT2D eigenvalue weighted by molar-refractivity contribution is 9.10. The van der Waals surface area contributed by atoms with Crippen LogP contribution in [-0.4, -0.2) is 28.6 Å². The van der Waals surface area contributed by atoms with Crippen molar-refractivity contribution in [3.05, 3.63) is 58.1 Å². The molecule has 27 heavy (non-hydrogen) atoms. The number of carbonyl (C=O) groups is 2. The number of rotatable bonds is 4. The fourth-order valence-corrected chi connectivity index (χ4v) is 3.82. The van der Waals surface area contributed by atoms with Gasteiger partial charge < -0.3 is 10.1 Å². The molecule has 1 aromatic heterocycles. The van der Waals surface area contributed by atoms with Gasteiger partial charge in [-0.3, -0.25) is 10.1 Å². The van der Waals surface area contributed by atoms with Crippen molar-refractivity contribution < 1.29 is 14.3 Å². The fraction of sp³-hybridized carbons (Fsp3) is 0.111. The number of hydrogen-bond donors (Lipinski definition) is 2. The van der Waals surface area contributed by atoms with E-state index in [9.17, 15) is 9.59 Å². The highest BCUT2D eigenvalue weighted by Gasteiger charge is 2.12. The van der Waals surface area contributed by atoms with Crippen molar-refractivity contribution in [2.45, 2.75) is 6.92 Å². The number of thiocarbonyl (C=S) groups is 1. The first kappa shape index (κ1) is 19.4. The van der Waals surface area contributed by atoms with E-state index in [4.69, 9.17) is 17.0 Å². The van der Waals surface area contributed by atoms with Crippen LogP contribution in [0.15, 0.2) is 46.9 Å². The Balaban J connectivity index is 1.69. The van der Waals surface area contributed by atoms with Gasteiger partial charge in [0.1, 0.15) is 0 Å². The highest BCUT2D eigenvalue weighted by Crippen LogP contribution is 2.27. The molecule has 1 amide bonds. The molecule has 0 saturated carbocycles. The number of esters is 1. The van der Waals surface area contributed by atoms with Gasteiger partial charge in [-0.15, -0.1) is 0 Å². The van der Waals surface area contributed by atoms with E-state index >= 15 is 0 Å². The Morgan fingerprint density at radius 1 is 1.22 bits per heavy atom. The van der Waals surface area contributed by atoms with Gasteiger partial charge in [0.25, 0.3) is 5.91 Å². The first-order chi connectivity index (χ1) is 13.0. The normalized spacial score (nSPS) is 10.4. The summed E-state index contributed by atoms with van der Waals surface area (Å²) in [6.07, 6.45) is 0. The Bertz CT molecular complexity index is 1040. The van der Waals surface area contributed by atoms with Gasteiger partial charge in [-0.2, -0.15) is 0 Å². The number of amides is 1. The minimum atomic E-state index is -0.376. The number of benzene rings is 2. The molecule has 0 fully saturated rings. The lowest BCUT2D eigenvalue weighted by atomic mass is 10.2. The summed E-state index contributed by atoms with van der Waals surface area (Å²) in [5.41, 5.74) is 1.67. The first-order valence-corrected chi connectivity index (χ1v) is 9.93. The summed E-state index contributed by atoms with van der Waals surface area (Å²) >= 11 is 9.84. The number of halogens is 1. The Labute approximate surface area is 173 Å². The molecule has 0 aliphatic heterocycles. The molecule has 9 heteroatoms. The van der Waals surface area contributed by atoms with Gasteiger partial charge in [-0.25, -0.2) is 9.78 Å². The van der Waals surface area contributed by atoms with Crippen LogP contribution in [0.5, 0.6) is 0 Å². The summed E-state index contributed by atoms with van der Waals surface area (Å²) in [4.78, 5) is 28.5. The van der Waals surface area contributed by atoms with Crippen LogP contribution in [0.2, 0.25) is 0 Å². The number of carbonyl (C=O) groups excluding carboxylic acids is 2. The third kappa shape index (κ3) is 4.88. The van der Waals surface area contributed by atoms with Gasteiger partial charge in [-0.05, 0) is 55.5 Å². The van der Waals surface area contributed by atoms with Gasteiger partial charge in [0, 0.05) is 10.0 Å². The second-order valence-corrected chi connectivity index (χ2v) is 7.70. The van der Waals surface area contributed by atoms with Crippen LogP contribution in [0.3, 0.4) is 0 Å². The highest BCUT2D eigenvalue weighted by atomic mass is 79.9. The average molecular weight is 464 g/mol. The smallest absolute Gasteiger partial charge is 0.338 e. The number of ether oxygens (including phenoxy) is 1. The van der Waals surface area contributed by atoms with Gasteiger partial charge >= 0.3 is 5.97 Å². The van der Waals surface area contributed by atoms with Crippen LogP contribution in [0.25, 0.3) is 10.2 Å². The SMILES string of the molecule is CCOC(=O)c1ccc2nc(NC(=S)NC(=O)c3cccc(Br)c3)sc2c1. The molecule has 3 aromatic rings. The first-order valence-electron chi connectivity index (χ1n) is 7.92. The average Bonchev–Trinajstić information content (AvgIpc) is 3.02. The van der Waals surface area contributed by atoms with E-state index in [1.54, 1.807) is 43.3 Å². The number of thiazole rings is 1. The number of nitrogens with zero attached hydrogens (tertiary/aromatic N) is 1. The van der Waals surface area contributed by atoms with Crippen molar-refractivity contribution in [2.24, 2.45) is 0 Å². The summed E-state index contributed by atoms with van der Waals surface area (Å²) in [5, 5.41) is 6.18. The maximum atomic E-state index is 12.2. The topological polar surface area (TPSA) is 80.3 Å². The van der Waals surface area contributed by atoms with Crippen LogP contribution >= 0.6 is 39.5 Å². The van der Waals surface area contributed by atoms with E-state index in [2.05, 4.69) is 31.5 Å². The second kappa shape index (κ2) is 8.55. The Morgan fingerprint density at radius 2 is 2.04 bits per heavy atom. The van der Waals surface area contributed by atoms with E-state index in [-0.39, 0.29) is 17.0 Å². The number of hydrogen-bond acceptors (Lipinski definition) is 6. The molecular weight excluding hydrogens is 450 g/mol. The molecule has 0 saturated heterocycles.